The minimum Gasteiger partial charge on any atom is -0.356 e. The average molecular weight is 476 g/mol. The van der Waals surface area contributed by atoms with Gasteiger partial charge in [0.25, 0.3) is 5.91 Å². The predicted octanol–water partition coefficient (Wildman–Crippen LogP) is 3.14. The number of carbonyl (C=O) groups excluding carboxylic acids is 4. The van der Waals surface area contributed by atoms with Crippen LogP contribution in [0, 0.1) is 11.8 Å². The first-order valence-corrected chi connectivity index (χ1v) is 11.5. The maximum Gasteiger partial charge on any atom is 0.262 e. The molecule has 10 heteroatoms. The van der Waals surface area contributed by atoms with Gasteiger partial charge in [0.05, 0.1) is 28.4 Å². The van der Waals surface area contributed by atoms with Crippen LogP contribution < -0.4 is 10.6 Å². The van der Waals surface area contributed by atoms with Gasteiger partial charge in [-0.1, -0.05) is 44.0 Å². The van der Waals surface area contributed by atoms with E-state index in [4.69, 9.17) is 23.2 Å². The van der Waals surface area contributed by atoms with Gasteiger partial charge in [0.15, 0.2) is 5.78 Å². The molecule has 0 bridgehead atoms. The Kier molecular flexibility index (Phi) is 9.12. The van der Waals surface area contributed by atoms with E-state index in [-0.39, 0.29) is 54.0 Å². The molecule has 0 unspecified atom stereocenters. The van der Waals surface area contributed by atoms with E-state index in [1.54, 1.807) is 6.92 Å². The molecule has 1 aliphatic rings. The van der Waals surface area contributed by atoms with Gasteiger partial charge in [-0.05, 0) is 24.8 Å². The molecule has 0 saturated carbocycles. The molecular formula is C20H27Cl2N3O4S. The van der Waals surface area contributed by atoms with Gasteiger partial charge in [-0.2, -0.15) is 0 Å². The Morgan fingerprint density at radius 1 is 1.33 bits per heavy atom. The molecule has 2 N–H and O–H groups in total. The lowest BCUT2D eigenvalue weighted by Gasteiger charge is -2.27. The molecule has 1 aromatic heterocycles. The summed E-state index contributed by atoms with van der Waals surface area (Å²) < 4.78 is 0.308. The number of Topliss-reactive ketones (excluding diaryl/α,β-unsaturated/α-hetero) is 1. The maximum atomic E-state index is 13.0. The second-order valence-corrected chi connectivity index (χ2v) is 9.82. The summed E-state index contributed by atoms with van der Waals surface area (Å²) in [5, 5.41) is 5.79. The molecule has 1 aromatic rings. The lowest BCUT2D eigenvalue weighted by atomic mass is 9.99. The topological polar surface area (TPSA) is 95.6 Å². The van der Waals surface area contributed by atoms with E-state index in [1.807, 2.05) is 13.8 Å². The zero-order chi connectivity index (χ0) is 22.4. The van der Waals surface area contributed by atoms with Crippen LogP contribution in [-0.4, -0.2) is 54.1 Å². The highest BCUT2D eigenvalue weighted by molar-refractivity contribution is 7.18. The summed E-state index contributed by atoms with van der Waals surface area (Å²) in [7, 11) is 0. The van der Waals surface area contributed by atoms with E-state index >= 15 is 0 Å². The van der Waals surface area contributed by atoms with Crippen LogP contribution >= 0.6 is 34.5 Å². The van der Waals surface area contributed by atoms with Crippen molar-refractivity contribution < 1.29 is 19.2 Å². The quantitative estimate of drug-likeness (QED) is 0.543. The third-order valence-electron chi connectivity index (χ3n) is 4.88. The number of ketones is 1. The fraction of sp³-hybridized carbons (Fsp3) is 0.600. The summed E-state index contributed by atoms with van der Waals surface area (Å²) in [4.78, 5) is 51.7. The molecule has 2 atom stereocenters. The van der Waals surface area contributed by atoms with Crippen LogP contribution in [0.15, 0.2) is 6.07 Å². The van der Waals surface area contributed by atoms with Crippen molar-refractivity contribution in [1.82, 2.24) is 15.5 Å². The average Bonchev–Trinajstić information content (AvgIpc) is 3.24. The zero-order valence-electron chi connectivity index (χ0n) is 17.3. The number of hydrogen-bond acceptors (Lipinski definition) is 5. The van der Waals surface area contributed by atoms with Crippen LogP contribution in [0.3, 0.4) is 0 Å². The second-order valence-electron chi connectivity index (χ2n) is 7.76. The van der Waals surface area contributed by atoms with Crippen molar-refractivity contribution in [2.45, 2.75) is 46.1 Å². The first-order chi connectivity index (χ1) is 14.1. The molecule has 0 radical (unpaired) electrons. The van der Waals surface area contributed by atoms with Gasteiger partial charge in [0.1, 0.15) is 4.34 Å². The summed E-state index contributed by atoms with van der Waals surface area (Å²) >= 11 is 12.9. The third-order valence-corrected chi connectivity index (χ3v) is 6.74. The van der Waals surface area contributed by atoms with E-state index in [0.29, 0.717) is 28.6 Å². The Balaban J connectivity index is 2.11. The van der Waals surface area contributed by atoms with Crippen LogP contribution in [0.25, 0.3) is 0 Å². The highest BCUT2D eigenvalue weighted by Gasteiger charge is 2.31. The Hall–Kier alpha value is -1.64. The SMILES string of the molecule is CCC(=O)N(CC(=O)[C@H](CC(C)C)NC(=O)c1cc(Cl)c(Cl)s1)C[C@@H]1CCNC1=O. The molecule has 0 aromatic carbocycles. The van der Waals surface area contributed by atoms with Crippen molar-refractivity contribution in [2.24, 2.45) is 11.8 Å². The van der Waals surface area contributed by atoms with E-state index in [2.05, 4.69) is 10.6 Å². The fourth-order valence-corrected chi connectivity index (χ4v) is 4.56. The molecule has 7 nitrogen and oxygen atoms in total. The number of amides is 3. The molecule has 30 heavy (non-hydrogen) atoms. The van der Waals surface area contributed by atoms with Gasteiger partial charge in [-0.3, -0.25) is 19.2 Å². The van der Waals surface area contributed by atoms with Gasteiger partial charge in [-0.25, -0.2) is 0 Å². The standard InChI is InChI=1S/C20H27Cl2N3O4S/c1-4-17(27)25(9-12-5-6-23-19(12)28)10-15(26)14(7-11(2)3)24-20(29)16-8-13(21)18(22)30-16/h8,11-12,14H,4-7,9-10H2,1-3H3,(H,23,28)(H,24,29)/t12-,14-/m0/s1. The first kappa shape index (κ1) is 24.6. The van der Waals surface area contributed by atoms with Crippen molar-refractivity contribution in [2.75, 3.05) is 19.6 Å². The Labute approximate surface area is 190 Å². The number of nitrogens with zero attached hydrogens (tertiary/aromatic N) is 1. The van der Waals surface area contributed by atoms with Gasteiger partial charge in [0.2, 0.25) is 11.8 Å². The van der Waals surface area contributed by atoms with Crippen LogP contribution in [0.5, 0.6) is 0 Å². The highest BCUT2D eigenvalue weighted by Crippen LogP contribution is 2.31. The van der Waals surface area contributed by atoms with Crippen LogP contribution in [0.4, 0.5) is 0 Å². The second kappa shape index (κ2) is 11.1. The summed E-state index contributed by atoms with van der Waals surface area (Å²) in [5.41, 5.74) is 0. The minimum absolute atomic E-state index is 0.102. The smallest absolute Gasteiger partial charge is 0.262 e. The summed E-state index contributed by atoms with van der Waals surface area (Å²) in [6, 6.07) is 0.702. The molecule has 2 rings (SSSR count). The third kappa shape index (κ3) is 6.68. The van der Waals surface area contributed by atoms with E-state index < -0.39 is 11.9 Å². The van der Waals surface area contributed by atoms with Crippen molar-refractivity contribution in [3.63, 3.8) is 0 Å². The summed E-state index contributed by atoms with van der Waals surface area (Å²) in [6.07, 6.45) is 1.29. The van der Waals surface area contributed by atoms with E-state index in [1.165, 1.54) is 11.0 Å². The van der Waals surface area contributed by atoms with Gasteiger partial charge < -0.3 is 15.5 Å². The number of halogens is 2. The number of nitrogens with one attached hydrogen (secondary N) is 2. The van der Waals surface area contributed by atoms with Gasteiger partial charge in [-0.15, -0.1) is 11.3 Å². The monoisotopic (exact) mass is 475 g/mol. The van der Waals surface area contributed by atoms with Gasteiger partial charge in [0, 0.05) is 19.5 Å². The number of rotatable bonds is 10. The zero-order valence-corrected chi connectivity index (χ0v) is 19.6. The van der Waals surface area contributed by atoms with Gasteiger partial charge >= 0.3 is 0 Å². The van der Waals surface area contributed by atoms with Crippen LogP contribution in [-0.2, 0) is 14.4 Å². The lowest BCUT2D eigenvalue weighted by molar-refractivity contribution is -0.137. The molecule has 1 saturated heterocycles. The normalized spacial score (nSPS) is 17.0. The van der Waals surface area contributed by atoms with E-state index in [9.17, 15) is 19.2 Å². The highest BCUT2D eigenvalue weighted by atomic mass is 35.5. The molecule has 0 aliphatic carbocycles. The van der Waals surface area contributed by atoms with Crippen molar-refractivity contribution >= 4 is 58.0 Å². The molecule has 1 fully saturated rings. The molecular weight excluding hydrogens is 449 g/mol. The number of thiophene rings is 1. The number of carbonyl (C=O) groups is 4. The van der Waals surface area contributed by atoms with E-state index in [0.717, 1.165) is 11.3 Å². The molecule has 0 spiro atoms. The number of hydrogen-bond donors (Lipinski definition) is 2. The largest absolute Gasteiger partial charge is 0.356 e. The Morgan fingerprint density at radius 3 is 2.53 bits per heavy atom. The predicted molar refractivity (Wildman–Crippen MR) is 118 cm³/mol. The molecule has 2 heterocycles. The molecule has 1 aliphatic heterocycles. The van der Waals surface area contributed by atoms with Crippen molar-refractivity contribution in [3.05, 3.63) is 20.3 Å². The Bertz CT molecular complexity index is 792. The van der Waals surface area contributed by atoms with Crippen LogP contribution in [0.1, 0.15) is 49.7 Å². The van der Waals surface area contributed by atoms with Crippen molar-refractivity contribution in [3.8, 4) is 0 Å². The van der Waals surface area contributed by atoms with Crippen LogP contribution in [0.2, 0.25) is 9.36 Å². The summed E-state index contributed by atoms with van der Waals surface area (Å²) in [6.45, 7) is 6.23. The first-order valence-electron chi connectivity index (χ1n) is 9.96. The minimum atomic E-state index is -0.762. The summed E-state index contributed by atoms with van der Waals surface area (Å²) in [5.74, 6) is -1.18. The fourth-order valence-electron chi connectivity index (χ4n) is 3.29. The maximum absolute atomic E-state index is 13.0. The molecule has 166 valence electrons. The van der Waals surface area contributed by atoms with Crippen molar-refractivity contribution in [1.29, 1.82) is 0 Å². The molecule has 3 amide bonds. The Morgan fingerprint density at radius 2 is 2.03 bits per heavy atom. The lowest BCUT2D eigenvalue weighted by Crippen LogP contribution is -2.48.